The number of hydrogen-bond acceptors (Lipinski definition) is 3. The summed E-state index contributed by atoms with van der Waals surface area (Å²) in [4.78, 5) is 3.82. The predicted molar refractivity (Wildman–Crippen MR) is 97.0 cm³/mol. The van der Waals surface area contributed by atoms with Gasteiger partial charge in [-0.1, -0.05) is 50.2 Å². The summed E-state index contributed by atoms with van der Waals surface area (Å²) >= 11 is 0. The minimum Gasteiger partial charge on any atom is -0.360 e. The third-order valence-electron chi connectivity index (χ3n) is 4.05. The van der Waals surface area contributed by atoms with Gasteiger partial charge in [-0.25, -0.2) is 8.42 Å². The minimum absolute atomic E-state index is 0.317. The molecule has 0 bridgehead atoms. The van der Waals surface area contributed by atoms with E-state index in [0.29, 0.717) is 15.8 Å². The average molecular weight is 342 g/mol. The van der Waals surface area contributed by atoms with Crippen LogP contribution in [-0.4, -0.2) is 26.0 Å². The zero-order valence-electron chi connectivity index (χ0n) is 13.9. The maximum Gasteiger partial charge on any atom is 0.208 e. The fraction of sp³-hybridized carbons (Fsp3) is 0.263. The van der Waals surface area contributed by atoms with Gasteiger partial charge in [0.25, 0.3) is 0 Å². The van der Waals surface area contributed by atoms with Gasteiger partial charge in [-0.2, -0.15) is 0 Å². The molecule has 0 radical (unpaired) electrons. The first-order valence-corrected chi connectivity index (χ1v) is 9.61. The minimum atomic E-state index is -3.52. The molecule has 3 rings (SSSR count). The van der Waals surface area contributed by atoms with Gasteiger partial charge in [0.15, 0.2) is 0 Å². The highest BCUT2D eigenvalue weighted by Crippen LogP contribution is 2.29. The van der Waals surface area contributed by atoms with Crippen molar-refractivity contribution in [1.82, 2.24) is 10.3 Å². The lowest BCUT2D eigenvalue weighted by atomic mass is 10.1. The van der Waals surface area contributed by atoms with Crippen LogP contribution in [0.2, 0.25) is 0 Å². The van der Waals surface area contributed by atoms with Crippen LogP contribution in [0.3, 0.4) is 0 Å². The van der Waals surface area contributed by atoms with Crippen molar-refractivity contribution in [2.24, 2.45) is 0 Å². The maximum atomic E-state index is 12.9. The molecule has 0 fully saturated rings. The van der Waals surface area contributed by atoms with Crippen molar-refractivity contribution in [3.05, 3.63) is 60.3 Å². The number of H-pyrrole nitrogens is 1. The van der Waals surface area contributed by atoms with Gasteiger partial charge in [-0.15, -0.1) is 0 Å². The summed E-state index contributed by atoms with van der Waals surface area (Å²) in [7, 11) is -3.52. The zero-order chi connectivity index (χ0) is 17.2. The first-order chi connectivity index (χ1) is 11.5. The molecule has 24 heavy (non-hydrogen) atoms. The molecule has 0 spiro atoms. The van der Waals surface area contributed by atoms with Crippen LogP contribution in [0.5, 0.6) is 0 Å². The summed E-state index contributed by atoms with van der Waals surface area (Å²) in [5.74, 6) is 0. The van der Waals surface area contributed by atoms with Crippen molar-refractivity contribution in [2.75, 3.05) is 6.54 Å². The number of rotatable bonds is 6. The Morgan fingerprint density at radius 1 is 1.04 bits per heavy atom. The normalized spacial score (nSPS) is 12.1. The predicted octanol–water partition coefficient (Wildman–Crippen LogP) is 3.54. The molecule has 1 aromatic heterocycles. The number of para-hydroxylation sites is 1. The van der Waals surface area contributed by atoms with Crippen LogP contribution in [0.1, 0.15) is 19.4 Å². The molecule has 4 nitrogen and oxygen atoms in total. The Kier molecular flexibility index (Phi) is 4.73. The largest absolute Gasteiger partial charge is 0.360 e. The van der Waals surface area contributed by atoms with Crippen LogP contribution in [0.15, 0.2) is 64.5 Å². The Morgan fingerprint density at radius 2 is 1.79 bits per heavy atom. The van der Waals surface area contributed by atoms with Gasteiger partial charge in [-0.3, -0.25) is 0 Å². The van der Waals surface area contributed by atoms with Crippen molar-refractivity contribution >= 4 is 20.7 Å². The fourth-order valence-corrected chi connectivity index (χ4v) is 4.29. The van der Waals surface area contributed by atoms with Crippen LogP contribution in [0, 0.1) is 0 Å². The number of aromatic amines is 1. The molecule has 0 saturated carbocycles. The average Bonchev–Trinajstić information content (AvgIpc) is 3.01. The molecule has 5 heteroatoms. The smallest absolute Gasteiger partial charge is 0.208 e. The second kappa shape index (κ2) is 6.79. The molecule has 0 amide bonds. The Morgan fingerprint density at radius 3 is 2.50 bits per heavy atom. The number of nitrogens with one attached hydrogen (secondary N) is 2. The molecule has 0 aliphatic carbocycles. The molecule has 2 N–H and O–H groups in total. The van der Waals surface area contributed by atoms with Gasteiger partial charge in [0.1, 0.15) is 0 Å². The van der Waals surface area contributed by atoms with Gasteiger partial charge < -0.3 is 10.3 Å². The summed E-state index contributed by atoms with van der Waals surface area (Å²) in [5.41, 5.74) is 2.02. The molecule has 0 unspecified atom stereocenters. The molecule has 1 heterocycles. The topological polar surface area (TPSA) is 62.0 Å². The van der Waals surface area contributed by atoms with Crippen molar-refractivity contribution in [2.45, 2.75) is 36.1 Å². The molecule has 126 valence electrons. The number of benzene rings is 2. The molecule has 0 aliphatic rings. The first-order valence-electron chi connectivity index (χ1n) is 8.12. The quantitative estimate of drug-likeness (QED) is 0.720. The Labute approximate surface area is 142 Å². The van der Waals surface area contributed by atoms with E-state index in [0.717, 1.165) is 29.4 Å². The van der Waals surface area contributed by atoms with Gasteiger partial charge in [0.2, 0.25) is 9.84 Å². The van der Waals surface area contributed by atoms with E-state index in [1.54, 1.807) is 30.5 Å². The summed E-state index contributed by atoms with van der Waals surface area (Å²) in [6, 6.07) is 14.8. The molecular weight excluding hydrogens is 320 g/mol. The molecule has 0 saturated heterocycles. The highest BCUT2D eigenvalue weighted by atomic mass is 32.2. The van der Waals surface area contributed by atoms with E-state index in [2.05, 4.69) is 24.1 Å². The van der Waals surface area contributed by atoms with E-state index >= 15 is 0 Å². The summed E-state index contributed by atoms with van der Waals surface area (Å²) < 4.78 is 25.8. The molecule has 3 aromatic rings. The maximum absolute atomic E-state index is 12.9. The highest BCUT2D eigenvalue weighted by Gasteiger charge is 2.22. The molecular formula is C19H22N2O2S. The van der Waals surface area contributed by atoms with Crippen LogP contribution in [0.4, 0.5) is 0 Å². The lowest BCUT2D eigenvalue weighted by Gasteiger charge is -2.09. The van der Waals surface area contributed by atoms with Crippen LogP contribution >= 0.6 is 0 Å². The van der Waals surface area contributed by atoms with E-state index in [1.807, 2.05) is 24.3 Å². The Bertz CT molecular complexity index is 928. The Hall–Kier alpha value is -2.11. The Balaban J connectivity index is 2.00. The van der Waals surface area contributed by atoms with Crippen molar-refractivity contribution < 1.29 is 8.42 Å². The zero-order valence-corrected chi connectivity index (χ0v) is 14.7. The van der Waals surface area contributed by atoms with E-state index in [-0.39, 0.29) is 0 Å². The van der Waals surface area contributed by atoms with Crippen molar-refractivity contribution in [1.29, 1.82) is 0 Å². The van der Waals surface area contributed by atoms with E-state index in [9.17, 15) is 8.42 Å². The van der Waals surface area contributed by atoms with Gasteiger partial charge in [0.05, 0.1) is 15.3 Å². The van der Waals surface area contributed by atoms with E-state index < -0.39 is 9.84 Å². The van der Waals surface area contributed by atoms with Gasteiger partial charge >= 0.3 is 0 Å². The van der Waals surface area contributed by atoms with Crippen molar-refractivity contribution in [3.63, 3.8) is 0 Å². The summed E-state index contributed by atoms with van der Waals surface area (Å²) in [5, 5.41) is 4.14. The van der Waals surface area contributed by atoms with Crippen LogP contribution in [-0.2, 0) is 16.3 Å². The lowest BCUT2D eigenvalue weighted by molar-refractivity contribution is 0.591. The lowest BCUT2D eigenvalue weighted by Crippen LogP contribution is -2.24. The second-order valence-corrected chi connectivity index (χ2v) is 8.09. The van der Waals surface area contributed by atoms with Crippen LogP contribution in [0.25, 0.3) is 10.9 Å². The number of aromatic nitrogens is 1. The fourth-order valence-electron chi connectivity index (χ4n) is 2.84. The number of hydrogen-bond donors (Lipinski definition) is 2. The molecule has 0 aliphatic heterocycles. The standard InChI is InChI=1S/C19H22N2O2S/c1-14(2)20-12-11-15-7-6-10-17-18(13-21-19(15)17)24(22,23)16-8-4-3-5-9-16/h3-10,13-14,20-21H,11-12H2,1-2H3. The number of fused-ring (bicyclic) bond motifs is 1. The van der Waals surface area contributed by atoms with Gasteiger partial charge in [0, 0.05) is 17.6 Å². The highest BCUT2D eigenvalue weighted by molar-refractivity contribution is 7.91. The summed E-state index contributed by atoms with van der Waals surface area (Å²) in [6.45, 7) is 5.08. The van der Waals surface area contributed by atoms with Crippen molar-refractivity contribution in [3.8, 4) is 0 Å². The van der Waals surface area contributed by atoms with E-state index in [4.69, 9.17) is 0 Å². The summed E-state index contributed by atoms with van der Waals surface area (Å²) in [6.07, 6.45) is 2.45. The van der Waals surface area contributed by atoms with E-state index in [1.165, 1.54) is 0 Å². The van der Waals surface area contributed by atoms with Crippen LogP contribution < -0.4 is 5.32 Å². The number of sulfone groups is 1. The first kappa shape index (κ1) is 16.7. The monoisotopic (exact) mass is 342 g/mol. The third kappa shape index (κ3) is 3.23. The molecule has 2 aromatic carbocycles. The molecule has 0 atom stereocenters. The third-order valence-corrected chi connectivity index (χ3v) is 5.86. The second-order valence-electron chi connectivity index (χ2n) is 6.17. The van der Waals surface area contributed by atoms with Gasteiger partial charge in [-0.05, 0) is 30.7 Å². The SMILES string of the molecule is CC(C)NCCc1cccc2c(S(=O)(=O)c3ccccc3)c[nH]c12.